The van der Waals surface area contributed by atoms with E-state index in [-0.39, 0.29) is 20.1 Å². The summed E-state index contributed by atoms with van der Waals surface area (Å²) >= 11 is 0. The number of fused-ring (bicyclic) bond motifs is 7. The largest absolute Gasteiger partial charge is 0.333 e. The van der Waals surface area contributed by atoms with Gasteiger partial charge >= 0.3 is 0 Å². The van der Waals surface area contributed by atoms with Crippen LogP contribution in [0.1, 0.15) is 0 Å². The van der Waals surface area contributed by atoms with Crippen LogP contribution in [0.15, 0.2) is 73.1 Å². The van der Waals surface area contributed by atoms with Crippen molar-refractivity contribution in [3.05, 3.63) is 79.1 Å². The van der Waals surface area contributed by atoms with Gasteiger partial charge in [0.15, 0.2) is 5.82 Å². The molecular weight excluding hydrogens is 524 g/mol. The first-order valence-corrected chi connectivity index (χ1v) is 8.92. The molecule has 0 aliphatic heterocycles. The zero-order valence-electron chi connectivity index (χ0n) is 15.1. The number of benzene rings is 3. The molecule has 3 aromatic heterocycles. The summed E-state index contributed by atoms with van der Waals surface area (Å²) in [5, 5.41) is 10.9. The van der Waals surface area contributed by atoms with Crippen LogP contribution < -0.4 is 0 Å². The molecule has 4 nitrogen and oxygen atoms in total. The van der Waals surface area contributed by atoms with E-state index in [2.05, 4.69) is 59.6 Å². The molecule has 28 heavy (non-hydrogen) atoms. The molecule has 3 aromatic carbocycles. The fourth-order valence-corrected chi connectivity index (χ4v) is 3.96. The van der Waals surface area contributed by atoms with E-state index in [1.165, 1.54) is 21.5 Å². The third-order valence-electron chi connectivity index (χ3n) is 5.26. The van der Waals surface area contributed by atoms with Gasteiger partial charge < -0.3 is 4.57 Å². The van der Waals surface area contributed by atoms with Crippen LogP contribution in [0.3, 0.4) is 0 Å². The van der Waals surface area contributed by atoms with Crippen LogP contribution in [-0.4, -0.2) is 19.2 Å². The second-order valence-corrected chi connectivity index (χ2v) is 6.87. The van der Waals surface area contributed by atoms with E-state index in [0.29, 0.717) is 0 Å². The van der Waals surface area contributed by atoms with Gasteiger partial charge in [0.05, 0.1) is 5.52 Å². The van der Waals surface area contributed by atoms with E-state index in [4.69, 9.17) is 5.10 Å². The molecule has 0 bridgehead atoms. The van der Waals surface area contributed by atoms with Crippen molar-refractivity contribution in [2.75, 3.05) is 0 Å². The fourth-order valence-electron chi connectivity index (χ4n) is 3.96. The number of aryl methyl sites for hydroxylation is 1. The Balaban J connectivity index is 0.00000171. The Morgan fingerprint density at radius 3 is 2.43 bits per heavy atom. The number of hydrogen-bond donors (Lipinski definition) is 0. The van der Waals surface area contributed by atoms with Gasteiger partial charge in [-0.05, 0) is 33.8 Å². The number of imidazole rings is 1. The summed E-state index contributed by atoms with van der Waals surface area (Å²) in [5.41, 5.74) is 2.92. The van der Waals surface area contributed by atoms with Gasteiger partial charge in [-0.15, -0.1) is 5.39 Å². The maximum absolute atomic E-state index is 4.88. The summed E-state index contributed by atoms with van der Waals surface area (Å²) in [5.74, 6) is 0.858. The summed E-state index contributed by atoms with van der Waals surface area (Å²) in [7, 11) is 1.99. The van der Waals surface area contributed by atoms with E-state index in [1.54, 1.807) is 6.20 Å². The smallest absolute Gasteiger partial charge is 0.160 e. The van der Waals surface area contributed by atoms with Crippen LogP contribution in [0.5, 0.6) is 0 Å². The molecular formula is C23H15IrN4-. The van der Waals surface area contributed by atoms with Gasteiger partial charge in [0.25, 0.3) is 0 Å². The summed E-state index contributed by atoms with van der Waals surface area (Å²) in [6, 6.07) is 24.6. The van der Waals surface area contributed by atoms with Crippen molar-refractivity contribution in [1.29, 1.82) is 0 Å². The van der Waals surface area contributed by atoms with Crippen molar-refractivity contribution in [2.24, 2.45) is 7.05 Å². The first-order valence-electron chi connectivity index (χ1n) is 8.92. The molecule has 6 aromatic rings. The van der Waals surface area contributed by atoms with Crippen LogP contribution >= 0.6 is 0 Å². The van der Waals surface area contributed by atoms with E-state index in [1.807, 2.05) is 34.5 Å². The number of rotatable bonds is 1. The Hall–Kier alpha value is -3.01. The Morgan fingerprint density at radius 1 is 0.893 bits per heavy atom. The van der Waals surface area contributed by atoms with Crippen molar-refractivity contribution < 1.29 is 20.1 Å². The molecule has 0 spiro atoms. The Kier molecular flexibility index (Phi) is 3.83. The molecule has 0 unspecified atom stereocenters. The van der Waals surface area contributed by atoms with Crippen LogP contribution in [0.2, 0.25) is 0 Å². The summed E-state index contributed by atoms with van der Waals surface area (Å²) in [6.45, 7) is 0. The summed E-state index contributed by atoms with van der Waals surface area (Å²) in [6.07, 6.45) is 3.74. The number of pyridine rings is 1. The third-order valence-corrected chi connectivity index (χ3v) is 5.26. The number of aromatic nitrogens is 4. The van der Waals surface area contributed by atoms with E-state index >= 15 is 0 Å². The molecule has 0 saturated heterocycles. The minimum absolute atomic E-state index is 0. The van der Waals surface area contributed by atoms with Gasteiger partial charge in [-0.1, -0.05) is 35.7 Å². The Labute approximate surface area is 174 Å². The monoisotopic (exact) mass is 540 g/mol. The van der Waals surface area contributed by atoms with Crippen molar-refractivity contribution in [1.82, 2.24) is 19.2 Å². The summed E-state index contributed by atoms with van der Waals surface area (Å²) in [4.78, 5) is 4.47. The molecule has 0 amide bonds. The summed E-state index contributed by atoms with van der Waals surface area (Å²) < 4.78 is 3.99. The predicted molar refractivity (Wildman–Crippen MR) is 109 cm³/mol. The van der Waals surface area contributed by atoms with Crippen LogP contribution in [0.25, 0.3) is 49.5 Å². The molecule has 0 aliphatic carbocycles. The molecule has 0 atom stereocenters. The van der Waals surface area contributed by atoms with Crippen molar-refractivity contribution >= 4 is 38.0 Å². The predicted octanol–water partition coefficient (Wildman–Crippen LogP) is 4.99. The topological polar surface area (TPSA) is 35.1 Å². The first kappa shape index (κ1) is 17.1. The molecule has 0 aliphatic rings. The number of hydrogen-bond acceptors (Lipinski definition) is 2. The zero-order chi connectivity index (χ0) is 18.0. The van der Waals surface area contributed by atoms with E-state index in [0.717, 1.165) is 27.9 Å². The zero-order valence-corrected chi connectivity index (χ0v) is 17.4. The van der Waals surface area contributed by atoms with Crippen molar-refractivity contribution in [2.45, 2.75) is 0 Å². The van der Waals surface area contributed by atoms with E-state index < -0.39 is 0 Å². The van der Waals surface area contributed by atoms with Gasteiger partial charge in [0.1, 0.15) is 5.69 Å². The molecule has 5 heteroatoms. The molecule has 1 radical (unpaired) electrons. The second kappa shape index (κ2) is 6.26. The van der Waals surface area contributed by atoms with Crippen LogP contribution in [0, 0.1) is 6.07 Å². The Bertz CT molecular complexity index is 1490. The fraction of sp³-hybridized carbons (Fsp3) is 0.0435. The molecule has 0 N–H and O–H groups in total. The minimum Gasteiger partial charge on any atom is -0.333 e. The van der Waals surface area contributed by atoms with Gasteiger partial charge in [0.2, 0.25) is 0 Å². The SMILES string of the molecule is Cn1ccnc1-c1cc2c3cc4ccccc4cc3c3ccc[c-]c3n2n1.[Ir]. The number of nitrogens with zero attached hydrogens (tertiary/aromatic N) is 4. The van der Waals surface area contributed by atoms with Gasteiger partial charge in [-0.3, -0.25) is 4.52 Å². The maximum Gasteiger partial charge on any atom is 0.160 e. The van der Waals surface area contributed by atoms with Gasteiger partial charge in [-0.25, -0.2) is 4.98 Å². The molecule has 0 saturated carbocycles. The molecule has 0 fully saturated rings. The van der Waals surface area contributed by atoms with Crippen molar-refractivity contribution in [3.63, 3.8) is 0 Å². The molecule has 137 valence electrons. The van der Waals surface area contributed by atoms with Crippen LogP contribution in [-0.2, 0) is 27.2 Å². The first-order chi connectivity index (χ1) is 13.3. The quantitative estimate of drug-likeness (QED) is 0.168. The van der Waals surface area contributed by atoms with E-state index in [9.17, 15) is 0 Å². The molecule has 6 rings (SSSR count). The third kappa shape index (κ3) is 2.34. The minimum atomic E-state index is 0. The van der Waals surface area contributed by atoms with Crippen LogP contribution in [0.4, 0.5) is 0 Å². The average molecular weight is 540 g/mol. The van der Waals surface area contributed by atoms with Gasteiger partial charge in [-0.2, -0.15) is 29.4 Å². The normalized spacial score (nSPS) is 11.5. The van der Waals surface area contributed by atoms with Crippen molar-refractivity contribution in [3.8, 4) is 11.5 Å². The number of para-hydroxylation sites is 1. The maximum atomic E-state index is 4.88. The Morgan fingerprint density at radius 2 is 1.68 bits per heavy atom. The second-order valence-electron chi connectivity index (χ2n) is 6.87. The molecule has 3 heterocycles. The standard InChI is InChI=1S/C23H15N4.Ir/c1-26-11-10-24-23(26)20-14-22-19-13-16-7-3-2-6-15(16)12-18(19)17-8-4-5-9-21(17)27(22)25-20;/h2-8,10-14H,1H3;/q-1;. The average Bonchev–Trinajstić information content (AvgIpc) is 3.33. The van der Waals surface area contributed by atoms with Gasteiger partial charge in [0, 0.05) is 39.5 Å².